The zero-order chi connectivity index (χ0) is 13.2. The Labute approximate surface area is 131 Å². The molecular formula is C13H8BrNOS3. The van der Waals surface area contributed by atoms with Gasteiger partial charge in [0.2, 0.25) is 0 Å². The number of fused-ring (bicyclic) bond motifs is 1. The Kier molecular flexibility index (Phi) is 4.02. The van der Waals surface area contributed by atoms with Crippen molar-refractivity contribution in [3.05, 3.63) is 45.1 Å². The number of carbonyl (C=O) groups is 1. The van der Waals surface area contributed by atoms with E-state index in [0.717, 1.165) is 23.2 Å². The lowest BCUT2D eigenvalue weighted by Crippen LogP contribution is -1.98. The normalized spacial score (nSPS) is 11.0. The molecule has 0 saturated heterocycles. The number of hydrogen-bond donors (Lipinski definition) is 0. The van der Waals surface area contributed by atoms with Gasteiger partial charge in [-0.1, -0.05) is 23.9 Å². The lowest BCUT2D eigenvalue weighted by molar-refractivity contribution is 0.102. The van der Waals surface area contributed by atoms with Gasteiger partial charge in [0.25, 0.3) is 0 Å². The Morgan fingerprint density at radius 2 is 2.05 bits per heavy atom. The number of carbonyl (C=O) groups excluding carboxylic acids is 1. The van der Waals surface area contributed by atoms with Crippen LogP contribution in [0.3, 0.4) is 0 Å². The predicted molar refractivity (Wildman–Crippen MR) is 86.7 cm³/mol. The van der Waals surface area contributed by atoms with Crippen molar-refractivity contribution >= 4 is 66.4 Å². The van der Waals surface area contributed by atoms with E-state index in [1.54, 1.807) is 11.3 Å². The zero-order valence-electron chi connectivity index (χ0n) is 9.63. The van der Waals surface area contributed by atoms with Crippen LogP contribution >= 0.6 is 50.4 Å². The molecule has 6 heteroatoms. The molecule has 0 unspecified atom stereocenters. The smallest absolute Gasteiger partial charge is 0.183 e. The van der Waals surface area contributed by atoms with Crippen LogP contribution in [0, 0.1) is 0 Å². The number of thiophene rings is 1. The fourth-order valence-corrected chi connectivity index (χ4v) is 4.94. The summed E-state index contributed by atoms with van der Waals surface area (Å²) in [7, 11) is 0. The van der Waals surface area contributed by atoms with Gasteiger partial charge in [0, 0.05) is 0 Å². The third kappa shape index (κ3) is 3.08. The fraction of sp³-hybridized carbons (Fsp3) is 0.0769. The number of hydrogen-bond acceptors (Lipinski definition) is 5. The van der Waals surface area contributed by atoms with Gasteiger partial charge >= 0.3 is 0 Å². The van der Waals surface area contributed by atoms with Crippen molar-refractivity contribution in [1.29, 1.82) is 0 Å². The summed E-state index contributed by atoms with van der Waals surface area (Å²) in [5, 5.41) is 0. The van der Waals surface area contributed by atoms with E-state index in [0.29, 0.717) is 5.75 Å². The number of nitrogens with zero attached hydrogens (tertiary/aromatic N) is 1. The number of thioether (sulfide) groups is 1. The van der Waals surface area contributed by atoms with Gasteiger partial charge in [0.15, 0.2) is 10.1 Å². The van der Waals surface area contributed by atoms with Crippen molar-refractivity contribution in [1.82, 2.24) is 4.98 Å². The number of thiazole rings is 1. The molecule has 0 aliphatic rings. The maximum atomic E-state index is 12.0. The Morgan fingerprint density at radius 1 is 1.21 bits per heavy atom. The van der Waals surface area contributed by atoms with Crippen LogP contribution in [-0.2, 0) is 0 Å². The van der Waals surface area contributed by atoms with Gasteiger partial charge in [0.05, 0.1) is 24.6 Å². The maximum absolute atomic E-state index is 12.0. The Morgan fingerprint density at radius 3 is 2.79 bits per heavy atom. The highest BCUT2D eigenvalue weighted by Gasteiger charge is 2.11. The van der Waals surface area contributed by atoms with Crippen LogP contribution in [0.2, 0.25) is 0 Å². The highest BCUT2D eigenvalue weighted by Crippen LogP contribution is 2.30. The molecular weight excluding hydrogens is 362 g/mol. The van der Waals surface area contributed by atoms with Crippen LogP contribution in [-0.4, -0.2) is 16.5 Å². The number of para-hydroxylation sites is 1. The maximum Gasteiger partial charge on any atom is 0.183 e. The number of ketones is 1. The van der Waals surface area contributed by atoms with Crippen LogP contribution in [0.1, 0.15) is 9.67 Å². The summed E-state index contributed by atoms with van der Waals surface area (Å²) in [5.74, 6) is 0.590. The van der Waals surface area contributed by atoms with Gasteiger partial charge in [-0.3, -0.25) is 4.79 Å². The zero-order valence-corrected chi connectivity index (χ0v) is 13.7. The number of Topliss-reactive ketones (excluding diaryl/α,β-unsaturated/α-hetero) is 1. The fourth-order valence-electron chi connectivity index (χ4n) is 1.58. The second-order valence-corrected chi connectivity index (χ2v) is 8.48. The van der Waals surface area contributed by atoms with Crippen LogP contribution in [0.15, 0.2) is 44.5 Å². The van der Waals surface area contributed by atoms with Gasteiger partial charge in [-0.15, -0.1) is 22.7 Å². The summed E-state index contributed by atoms with van der Waals surface area (Å²) in [6.45, 7) is 0. The van der Waals surface area contributed by atoms with Gasteiger partial charge in [-0.25, -0.2) is 4.98 Å². The van der Waals surface area contributed by atoms with Gasteiger partial charge in [-0.2, -0.15) is 0 Å². The minimum Gasteiger partial charge on any atom is -0.292 e. The first-order valence-electron chi connectivity index (χ1n) is 5.49. The molecule has 2 aromatic heterocycles. The molecule has 3 aromatic rings. The van der Waals surface area contributed by atoms with Gasteiger partial charge in [0.1, 0.15) is 0 Å². The molecule has 0 spiro atoms. The van der Waals surface area contributed by atoms with Crippen LogP contribution in [0.4, 0.5) is 0 Å². The average Bonchev–Trinajstić information content (AvgIpc) is 3.01. The van der Waals surface area contributed by atoms with E-state index in [-0.39, 0.29) is 5.78 Å². The summed E-state index contributed by atoms with van der Waals surface area (Å²) < 4.78 is 3.10. The quantitative estimate of drug-likeness (QED) is 0.473. The highest BCUT2D eigenvalue weighted by molar-refractivity contribution is 9.11. The minimum atomic E-state index is 0.153. The molecule has 0 aliphatic heterocycles. The topological polar surface area (TPSA) is 30.0 Å². The monoisotopic (exact) mass is 369 g/mol. The van der Waals surface area contributed by atoms with E-state index in [1.807, 2.05) is 30.3 Å². The largest absolute Gasteiger partial charge is 0.292 e. The Hall–Kier alpha value is -0.690. The Bertz CT molecular complexity index is 701. The molecule has 0 saturated carbocycles. The summed E-state index contributed by atoms with van der Waals surface area (Å²) in [6, 6.07) is 11.8. The van der Waals surface area contributed by atoms with Crippen molar-refractivity contribution < 1.29 is 4.79 Å². The summed E-state index contributed by atoms with van der Waals surface area (Å²) >= 11 is 7.98. The average molecular weight is 370 g/mol. The third-order valence-electron chi connectivity index (χ3n) is 2.45. The Balaban J connectivity index is 1.70. The summed E-state index contributed by atoms with van der Waals surface area (Å²) in [4.78, 5) is 17.3. The molecule has 0 N–H and O–H groups in total. The second-order valence-electron chi connectivity index (χ2n) is 3.76. The molecule has 0 atom stereocenters. The number of rotatable bonds is 4. The van der Waals surface area contributed by atoms with Crippen molar-refractivity contribution in [3.8, 4) is 0 Å². The molecule has 0 aliphatic carbocycles. The van der Waals surface area contributed by atoms with Crippen molar-refractivity contribution in [3.63, 3.8) is 0 Å². The van der Waals surface area contributed by atoms with E-state index >= 15 is 0 Å². The molecule has 0 fully saturated rings. The first kappa shape index (κ1) is 13.3. The number of benzene rings is 1. The standard InChI is InChI=1S/C13H8BrNOS3/c14-12-6-5-11(18-12)9(16)7-17-13-15-8-3-1-2-4-10(8)19-13/h1-6H,7H2. The lowest BCUT2D eigenvalue weighted by atomic mass is 10.3. The first-order chi connectivity index (χ1) is 9.22. The molecule has 96 valence electrons. The van der Waals surface area contributed by atoms with E-state index in [4.69, 9.17) is 0 Å². The highest BCUT2D eigenvalue weighted by atomic mass is 79.9. The lowest BCUT2D eigenvalue weighted by Gasteiger charge is -1.94. The third-order valence-corrected chi connectivity index (χ3v) is 6.29. The van der Waals surface area contributed by atoms with Crippen molar-refractivity contribution in [2.75, 3.05) is 5.75 Å². The summed E-state index contributed by atoms with van der Waals surface area (Å²) in [6.07, 6.45) is 0. The molecule has 0 bridgehead atoms. The molecule has 0 amide bonds. The molecule has 1 aromatic carbocycles. The summed E-state index contributed by atoms with van der Waals surface area (Å²) in [5.41, 5.74) is 1.00. The molecule has 2 heterocycles. The van der Waals surface area contributed by atoms with Gasteiger partial charge < -0.3 is 0 Å². The minimum absolute atomic E-state index is 0.153. The molecule has 0 radical (unpaired) electrons. The van der Waals surface area contributed by atoms with Crippen LogP contribution in [0.5, 0.6) is 0 Å². The van der Waals surface area contributed by atoms with Crippen molar-refractivity contribution in [2.45, 2.75) is 4.34 Å². The molecule has 2 nitrogen and oxygen atoms in total. The second kappa shape index (κ2) is 5.75. The van der Waals surface area contributed by atoms with E-state index < -0.39 is 0 Å². The van der Waals surface area contributed by atoms with E-state index in [9.17, 15) is 4.79 Å². The van der Waals surface area contributed by atoms with Crippen LogP contribution in [0.25, 0.3) is 10.2 Å². The molecule has 3 rings (SSSR count). The van der Waals surface area contributed by atoms with Gasteiger partial charge in [-0.05, 0) is 40.2 Å². The predicted octanol–water partition coefficient (Wildman–Crippen LogP) is 5.10. The number of halogens is 1. The number of aromatic nitrogens is 1. The van der Waals surface area contributed by atoms with E-state index in [2.05, 4.69) is 27.0 Å². The van der Waals surface area contributed by atoms with E-state index in [1.165, 1.54) is 23.1 Å². The van der Waals surface area contributed by atoms with Crippen molar-refractivity contribution in [2.24, 2.45) is 0 Å². The molecule has 19 heavy (non-hydrogen) atoms. The first-order valence-corrected chi connectivity index (χ1v) is 8.90. The van der Waals surface area contributed by atoms with Crippen LogP contribution < -0.4 is 0 Å². The SMILES string of the molecule is O=C(CSc1nc2ccccc2s1)c1ccc(Br)s1.